The maximum Gasteiger partial charge on any atom is 0.416 e. The standard InChI is InChI=1S/C18H21FN6.C8H5F3O/c1-11-10-21-18(12(2)22-11)23-17-9-15(24-25-17)5-4-13-8-14(20-3)6-7-16(13)19;9-8(10,11)7-3-1-2-6(4-7)5-12/h6-10,20H,4-5H2,1-3H3,(H2,21,23,24,25);1-5H. The van der Waals surface area contributed by atoms with E-state index in [1.807, 2.05) is 33.0 Å². The van der Waals surface area contributed by atoms with Crippen LogP contribution in [0.3, 0.4) is 0 Å². The minimum atomic E-state index is -4.38. The van der Waals surface area contributed by atoms with Crippen molar-refractivity contribution >= 4 is 23.6 Å². The summed E-state index contributed by atoms with van der Waals surface area (Å²) in [5.74, 6) is 1.15. The van der Waals surface area contributed by atoms with Crippen LogP contribution < -0.4 is 10.6 Å². The summed E-state index contributed by atoms with van der Waals surface area (Å²) in [5.41, 5.74) is 3.42. The minimum absolute atomic E-state index is 0.0322. The third-order valence-corrected chi connectivity index (χ3v) is 5.29. The number of carbonyl (C=O) groups is 1. The second-order valence-electron chi connectivity index (χ2n) is 8.15. The monoisotopic (exact) mass is 514 g/mol. The van der Waals surface area contributed by atoms with E-state index in [9.17, 15) is 22.4 Å². The zero-order valence-corrected chi connectivity index (χ0v) is 20.4. The first kappa shape index (κ1) is 27.3. The molecule has 194 valence electrons. The Kier molecular flexibility index (Phi) is 8.94. The largest absolute Gasteiger partial charge is 0.416 e. The number of H-pyrrole nitrogens is 1. The fourth-order valence-corrected chi connectivity index (χ4v) is 3.37. The highest BCUT2D eigenvalue weighted by Crippen LogP contribution is 2.29. The van der Waals surface area contributed by atoms with E-state index in [0.717, 1.165) is 34.9 Å². The van der Waals surface area contributed by atoms with Crippen LogP contribution in [-0.2, 0) is 19.0 Å². The molecule has 2 heterocycles. The van der Waals surface area contributed by atoms with Crippen molar-refractivity contribution in [2.75, 3.05) is 17.7 Å². The molecule has 2 aromatic heterocycles. The molecule has 0 radical (unpaired) electrons. The summed E-state index contributed by atoms with van der Waals surface area (Å²) in [6.07, 6.45) is -1.03. The predicted octanol–water partition coefficient (Wildman–Crippen LogP) is 6.04. The molecule has 0 aliphatic rings. The number of nitrogens with one attached hydrogen (secondary N) is 3. The van der Waals surface area contributed by atoms with Gasteiger partial charge in [-0.15, -0.1) is 0 Å². The predicted molar refractivity (Wildman–Crippen MR) is 134 cm³/mol. The molecule has 0 bridgehead atoms. The van der Waals surface area contributed by atoms with E-state index >= 15 is 0 Å². The normalized spacial score (nSPS) is 10.9. The van der Waals surface area contributed by atoms with E-state index in [1.54, 1.807) is 12.3 Å². The molecule has 0 saturated heterocycles. The van der Waals surface area contributed by atoms with Crippen molar-refractivity contribution in [1.29, 1.82) is 0 Å². The number of aromatic nitrogens is 4. The second-order valence-corrected chi connectivity index (χ2v) is 8.15. The van der Waals surface area contributed by atoms with Gasteiger partial charge in [-0.05, 0) is 62.6 Å². The Hall–Kier alpha value is -4.28. The van der Waals surface area contributed by atoms with Crippen molar-refractivity contribution in [3.05, 3.63) is 94.3 Å². The summed E-state index contributed by atoms with van der Waals surface area (Å²) >= 11 is 0. The Balaban J connectivity index is 0.000000266. The lowest BCUT2D eigenvalue weighted by atomic mass is 10.1. The van der Waals surface area contributed by atoms with Gasteiger partial charge in [0.25, 0.3) is 0 Å². The number of alkyl halides is 3. The number of hydrogen-bond donors (Lipinski definition) is 3. The number of hydrogen-bond acceptors (Lipinski definition) is 6. The molecule has 11 heteroatoms. The van der Waals surface area contributed by atoms with Crippen LogP contribution in [0.5, 0.6) is 0 Å². The quantitative estimate of drug-likeness (QED) is 0.206. The first-order valence-corrected chi connectivity index (χ1v) is 11.3. The lowest BCUT2D eigenvalue weighted by Crippen LogP contribution is -2.04. The van der Waals surface area contributed by atoms with Crippen LogP contribution in [0.1, 0.15) is 38.6 Å². The van der Waals surface area contributed by atoms with E-state index in [2.05, 4.69) is 30.8 Å². The summed E-state index contributed by atoms with van der Waals surface area (Å²) in [6, 6.07) is 11.2. The highest BCUT2D eigenvalue weighted by molar-refractivity contribution is 5.75. The zero-order valence-electron chi connectivity index (χ0n) is 20.4. The number of halogens is 4. The van der Waals surface area contributed by atoms with E-state index in [4.69, 9.17) is 0 Å². The maximum atomic E-state index is 13.9. The van der Waals surface area contributed by atoms with Gasteiger partial charge in [0.05, 0.1) is 23.1 Å². The summed E-state index contributed by atoms with van der Waals surface area (Å²) in [5, 5.41) is 13.4. The summed E-state index contributed by atoms with van der Waals surface area (Å²) < 4.78 is 49.9. The van der Waals surface area contributed by atoms with E-state index in [1.165, 1.54) is 18.2 Å². The average Bonchev–Trinajstić information content (AvgIpc) is 3.32. The molecule has 0 fully saturated rings. The molecule has 0 aliphatic carbocycles. The van der Waals surface area contributed by atoms with Crippen LogP contribution in [-0.4, -0.2) is 33.5 Å². The van der Waals surface area contributed by atoms with E-state index in [-0.39, 0.29) is 11.4 Å². The third-order valence-electron chi connectivity index (χ3n) is 5.29. The zero-order chi connectivity index (χ0) is 27.0. The van der Waals surface area contributed by atoms with Crippen molar-refractivity contribution in [2.24, 2.45) is 0 Å². The van der Waals surface area contributed by atoms with E-state index < -0.39 is 11.7 Å². The number of aldehydes is 1. The lowest BCUT2D eigenvalue weighted by molar-refractivity contribution is -0.137. The lowest BCUT2D eigenvalue weighted by Gasteiger charge is -2.06. The molecular weight excluding hydrogens is 488 g/mol. The van der Waals surface area contributed by atoms with Gasteiger partial charge in [-0.2, -0.15) is 18.3 Å². The molecule has 7 nitrogen and oxygen atoms in total. The number of anilines is 3. The molecule has 0 aliphatic heterocycles. The van der Waals surface area contributed by atoms with Crippen molar-refractivity contribution in [1.82, 2.24) is 20.2 Å². The molecule has 4 rings (SSSR count). The maximum absolute atomic E-state index is 13.9. The molecule has 0 atom stereocenters. The fourth-order valence-electron chi connectivity index (χ4n) is 3.37. The Bertz CT molecular complexity index is 1350. The Morgan fingerprint density at radius 2 is 1.84 bits per heavy atom. The first-order chi connectivity index (χ1) is 17.6. The SMILES string of the molecule is CNc1ccc(F)c(CCc2cc(Nc3ncc(C)nc3C)n[nH]2)c1.O=Cc1cccc(C(F)(F)F)c1. The number of nitrogens with zero attached hydrogens (tertiary/aromatic N) is 3. The number of benzene rings is 2. The van der Waals surface area contributed by atoms with Gasteiger partial charge in [-0.3, -0.25) is 14.9 Å². The molecule has 0 saturated carbocycles. The van der Waals surface area contributed by atoms with Crippen LogP contribution >= 0.6 is 0 Å². The van der Waals surface area contributed by atoms with Crippen molar-refractivity contribution in [3.8, 4) is 0 Å². The second kappa shape index (κ2) is 12.1. The van der Waals surface area contributed by atoms with E-state index in [0.29, 0.717) is 36.3 Å². The van der Waals surface area contributed by atoms with Gasteiger partial charge < -0.3 is 10.6 Å². The van der Waals surface area contributed by atoms with Crippen molar-refractivity contribution < 1.29 is 22.4 Å². The topological polar surface area (TPSA) is 95.6 Å². The molecule has 3 N–H and O–H groups in total. The third kappa shape index (κ3) is 7.86. The van der Waals surface area contributed by atoms with Gasteiger partial charge in [0.2, 0.25) is 0 Å². The average molecular weight is 515 g/mol. The molecule has 0 unspecified atom stereocenters. The van der Waals surface area contributed by atoms with Crippen LogP contribution in [0.25, 0.3) is 0 Å². The number of rotatable bonds is 7. The van der Waals surface area contributed by atoms with Gasteiger partial charge >= 0.3 is 6.18 Å². The fraction of sp³-hybridized carbons (Fsp3) is 0.231. The van der Waals surface area contributed by atoms with Crippen LogP contribution in [0, 0.1) is 19.7 Å². The minimum Gasteiger partial charge on any atom is -0.388 e. The van der Waals surface area contributed by atoms with Gasteiger partial charge in [0.15, 0.2) is 11.6 Å². The van der Waals surface area contributed by atoms with Gasteiger partial charge in [0, 0.05) is 30.1 Å². The Morgan fingerprint density at radius 3 is 2.51 bits per heavy atom. The molecule has 0 amide bonds. The smallest absolute Gasteiger partial charge is 0.388 e. The van der Waals surface area contributed by atoms with Crippen LogP contribution in [0.15, 0.2) is 54.7 Å². The van der Waals surface area contributed by atoms with Crippen LogP contribution in [0.2, 0.25) is 0 Å². The number of aryl methyl sites for hydroxylation is 4. The number of aromatic amines is 1. The molecule has 37 heavy (non-hydrogen) atoms. The van der Waals surface area contributed by atoms with Gasteiger partial charge in [-0.25, -0.2) is 9.37 Å². The van der Waals surface area contributed by atoms with Crippen molar-refractivity contribution in [3.63, 3.8) is 0 Å². The summed E-state index contributed by atoms with van der Waals surface area (Å²) in [7, 11) is 1.82. The molecule has 0 spiro atoms. The Morgan fingerprint density at radius 1 is 1.05 bits per heavy atom. The number of carbonyl (C=O) groups excluding carboxylic acids is 1. The molecular formula is C26H26F4N6O. The first-order valence-electron chi connectivity index (χ1n) is 11.3. The summed E-state index contributed by atoms with van der Waals surface area (Å²) in [6.45, 7) is 3.80. The van der Waals surface area contributed by atoms with Crippen LogP contribution in [0.4, 0.5) is 34.9 Å². The van der Waals surface area contributed by atoms with Gasteiger partial charge in [0.1, 0.15) is 12.1 Å². The molecule has 4 aromatic rings. The van der Waals surface area contributed by atoms with Crippen molar-refractivity contribution in [2.45, 2.75) is 32.9 Å². The highest BCUT2D eigenvalue weighted by atomic mass is 19.4. The van der Waals surface area contributed by atoms with Gasteiger partial charge in [-0.1, -0.05) is 12.1 Å². The Labute approximate surface area is 211 Å². The summed E-state index contributed by atoms with van der Waals surface area (Å²) in [4.78, 5) is 18.8. The molecule has 2 aromatic carbocycles. The highest BCUT2D eigenvalue weighted by Gasteiger charge is 2.30.